The van der Waals surface area contributed by atoms with Gasteiger partial charge < -0.3 is 41.2 Å². The van der Waals surface area contributed by atoms with Crippen LogP contribution in [-0.2, 0) is 30.4 Å². The standard InChI is InChI=1S/C39H47N7O11/c1-39(2,3)43-36(51)31-11-8-20-45(31)37(52)34(49)29(21-24-9-6-5-7-10-24)42-35(50)30(22-32(40)47)41-33(48)23-56-27-16-12-25(13-17-27)44(4)38(53)57-28-18-14-26(15-19-28)46(54)55/h5-7,9-10,12-19,29-31,34,49H,8,11,20-23H2,1-4H3,(H2,40,47)(H,41,48)(H,42,50)(H,43,51)/t29-,30-,31-,34-/m0/s1. The molecule has 0 saturated carbocycles. The summed E-state index contributed by atoms with van der Waals surface area (Å²) in [7, 11) is 1.44. The molecule has 0 spiro atoms. The zero-order valence-electron chi connectivity index (χ0n) is 32.0. The Kier molecular flexibility index (Phi) is 14.7. The van der Waals surface area contributed by atoms with E-state index in [2.05, 4.69) is 16.0 Å². The highest BCUT2D eigenvalue weighted by Crippen LogP contribution is 2.23. The van der Waals surface area contributed by atoms with Gasteiger partial charge in [-0.25, -0.2) is 4.79 Å². The molecule has 3 aromatic rings. The summed E-state index contributed by atoms with van der Waals surface area (Å²) in [5, 5.41) is 30.2. The van der Waals surface area contributed by atoms with Gasteiger partial charge in [-0.15, -0.1) is 0 Å². The van der Waals surface area contributed by atoms with E-state index in [1.807, 2.05) is 20.8 Å². The fraction of sp³-hybridized carbons (Fsp3) is 0.385. The predicted molar refractivity (Wildman–Crippen MR) is 206 cm³/mol. The molecule has 4 rings (SSSR count). The lowest BCUT2D eigenvalue weighted by atomic mass is 9.99. The van der Waals surface area contributed by atoms with Gasteiger partial charge in [0.2, 0.25) is 17.7 Å². The van der Waals surface area contributed by atoms with Crippen molar-refractivity contribution in [2.45, 2.75) is 76.2 Å². The minimum absolute atomic E-state index is 0.00746. The van der Waals surface area contributed by atoms with Crippen LogP contribution >= 0.6 is 0 Å². The fourth-order valence-corrected chi connectivity index (χ4v) is 5.96. The van der Waals surface area contributed by atoms with E-state index in [0.29, 0.717) is 24.1 Å². The molecule has 0 unspecified atom stereocenters. The summed E-state index contributed by atoms with van der Waals surface area (Å²) in [5.41, 5.74) is 5.75. The van der Waals surface area contributed by atoms with Crippen LogP contribution in [0.3, 0.4) is 0 Å². The SMILES string of the molecule is CN(C(=O)Oc1ccc([N+](=O)[O-])cc1)c1ccc(OCC(=O)N[C@@H](CC(N)=O)C(=O)N[C@@H](Cc2ccccc2)[C@H](O)C(=O)N2CCC[C@H]2C(=O)NC(C)(C)C)cc1. The molecule has 1 fully saturated rings. The maximum Gasteiger partial charge on any atom is 0.419 e. The van der Waals surface area contributed by atoms with Crippen LogP contribution in [0.15, 0.2) is 78.9 Å². The number of nitrogens with one attached hydrogen (secondary N) is 3. The van der Waals surface area contributed by atoms with E-state index < -0.39 is 77.4 Å². The lowest BCUT2D eigenvalue weighted by Crippen LogP contribution is -2.59. The molecule has 1 aliphatic rings. The quantitative estimate of drug-likeness (QED) is 0.104. The van der Waals surface area contributed by atoms with Gasteiger partial charge in [0.05, 0.1) is 17.4 Å². The first-order chi connectivity index (χ1) is 26.9. The summed E-state index contributed by atoms with van der Waals surface area (Å²) in [6, 6.07) is 16.1. The van der Waals surface area contributed by atoms with Crippen LogP contribution in [0.2, 0.25) is 0 Å². The molecule has 1 saturated heterocycles. The zero-order valence-corrected chi connectivity index (χ0v) is 32.0. The number of aliphatic hydroxyl groups is 1. The van der Waals surface area contributed by atoms with E-state index in [4.69, 9.17) is 15.2 Å². The highest BCUT2D eigenvalue weighted by molar-refractivity contribution is 5.94. The highest BCUT2D eigenvalue weighted by atomic mass is 16.6. The van der Waals surface area contributed by atoms with Crippen LogP contribution < -0.4 is 36.1 Å². The third kappa shape index (κ3) is 12.7. The average Bonchev–Trinajstić information content (AvgIpc) is 3.66. The molecule has 1 heterocycles. The smallest absolute Gasteiger partial charge is 0.419 e. The number of hydrogen-bond acceptors (Lipinski definition) is 11. The van der Waals surface area contributed by atoms with Crippen molar-refractivity contribution >= 4 is 47.0 Å². The summed E-state index contributed by atoms with van der Waals surface area (Å²) < 4.78 is 10.8. The van der Waals surface area contributed by atoms with Crippen molar-refractivity contribution in [3.8, 4) is 11.5 Å². The number of benzene rings is 3. The van der Waals surface area contributed by atoms with E-state index in [1.54, 1.807) is 30.3 Å². The van der Waals surface area contributed by atoms with Crippen molar-refractivity contribution in [3.05, 3.63) is 94.5 Å². The molecule has 304 valence electrons. The molecule has 4 atom stereocenters. The maximum absolute atomic E-state index is 13.7. The van der Waals surface area contributed by atoms with Crippen molar-refractivity contribution in [2.24, 2.45) is 5.73 Å². The summed E-state index contributed by atoms with van der Waals surface area (Å²) in [6.07, 6.45) is -2.26. The lowest BCUT2D eigenvalue weighted by molar-refractivity contribution is -0.384. The fourth-order valence-electron chi connectivity index (χ4n) is 5.96. The number of non-ortho nitro benzene ring substituents is 1. The van der Waals surface area contributed by atoms with Crippen molar-refractivity contribution in [1.82, 2.24) is 20.9 Å². The molecule has 0 bridgehead atoms. The second kappa shape index (κ2) is 19.3. The minimum atomic E-state index is -1.79. The van der Waals surface area contributed by atoms with Crippen LogP contribution in [0.4, 0.5) is 16.2 Å². The van der Waals surface area contributed by atoms with Gasteiger partial charge in [-0.2, -0.15) is 0 Å². The largest absolute Gasteiger partial charge is 0.484 e. The predicted octanol–water partition coefficient (Wildman–Crippen LogP) is 1.96. The van der Waals surface area contributed by atoms with Crippen molar-refractivity contribution in [1.29, 1.82) is 0 Å². The van der Waals surface area contributed by atoms with Gasteiger partial charge >= 0.3 is 6.09 Å². The number of ether oxygens (including phenoxy) is 2. The topological polar surface area (TPSA) is 253 Å². The number of anilines is 1. The number of carbonyl (C=O) groups is 6. The molecule has 18 heteroatoms. The Morgan fingerprint density at radius 1 is 0.965 bits per heavy atom. The Morgan fingerprint density at radius 3 is 2.19 bits per heavy atom. The van der Waals surface area contributed by atoms with Crippen LogP contribution in [0.25, 0.3) is 0 Å². The van der Waals surface area contributed by atoms with Crippen molar-refractivity contribution in [2.75, 3.05) is 25.1 Å². The van der Waals surface area contributed by atoms with Gasteiger partial charge in [0, 0.05) is 37.0 Å². The van der Waals surface area contributed by atoms with Gasteiger partial charge in [-0.05, 0) is 82.0 Å². The molecular weight excluding hydrogens is 742 g/mol. The third-order valence-corrected chi connectivity index (χ3v) is 8.77. The lowest BCUT2D eigenvalue weighted by Gasteiger charge is -2.32. The maximum atomic E-state index is 13.7. The molecule has 0 aromatic heterocycles. The summed E-state index contributed by atoms with van der Waals surface area (Å²) in [4.78, 5) is 90.7. The Morgan fingerprint density at radius 2 is 1.60 bits per heavy atom. The van der Waals surface area contributed by atoms with Gasteiger partial charge in [0.1, 0.15) is 23.6 Å². The molecule has 1 aliphatic heterocycles. The van der Waals surface area contributed by atoms with Gasteiger partial charge in [-0.3, -0.25) is 39.0 Å². The molecule has 18 nitrogen and oxygen atoms in total. The number of hydrogen-bond donors (Lipinski definition) is 5. The van der Waals surface area contributed by atoms with E-state index in [1.165, 1.54) is 65.4 Å². The van der Waals surface area contributed by atoms with Crippen LogP contribution in [-0.4, -0.2) is 101 Å². The Hall–Kier alpha value is -6.56. The number of rotatable bonds is 16. The van der Waals surface area contributed by atoms with Crippen molar-refractivity contribution in [3.63, 3.8) is 0 Å². The Labute approximate surface area is 328 Å². The number of amides is 6. The van der Waals surface area contributed by atoms with E-state index >= 15 is 0 Å². The Bertz CT molecular complexity index is 1920. The Balaban J connectivity index is 1.39. The molecule has 0 radical (unpaired) electrons. The number of nitro groups is 1. The average molecular weight is 790 g/mol. The summed E-state index contributed by atoms with van der Waals surface area (Å²) >= 11 is 0. The first kappa shape index (κ1) is 43.2. The van der Waals surface area contributed by atoms with Crippen LogP contribution in [0.1, 0.15) is 45.6 Å². The number of nitrogens with two attached hydrogens (primary N) is 1. The monoisotopic (exact) mass is 789 g/mol. The van der Waals surface area contributed by atoms with E-state index in [-0.39, 0.29) is 36.1 Å². The minimum Gasteiger partial charge on any atom is -0.484 e. The normalized spacial score (nSPS) is 15.3. The molecule has 3 aromatic carbocycles. The zero-order chi connectivity index (χ0) is 41.9. The number of likely N-dealkylation sites (tertiary alicyclic amines) is 1. The molecule has 57 heavy (non-hydrogen) atoms. The van der Waals surface area contributed by atoms with E-state index in [9.17, 15) is 44.0 Å². The number of aliphatic hydroxyl groups excluding tert-OH is 1. The van der Waals surface area contributed by atoms with Crippen LogP contribution in [0.5, 0.6) is 11.5 Å². The first-order valence-electron chi connectivity index (χ1n) is 18.1. The summed E-state index contributed by atoms with van der Waals surface area (Å²) in [5.74, 6) is -3.42. The highest BCUT2D eigenvalue weighted by Gasteiger charge is 2.41. The van der Waals surface area contributed by atoms with Gasteiger partial charge in [0.15, 0.2) is 12.7 Å². The van der Waals surface area contributed by atoms with Crippen LogP contribution in [0, 0.1) is 10.1 Å². The number of nitro benzene ring substituents is 1. The third-order valence-electron chi connectivity index (χ3n) is 8.77. The number of primary amides is 1. The van der Waals surface area contributed by atoms with Gasteiger partial charge in [-0.1, -0.05) is 30.3 Å². The molecule has 6 N–H and O–H groups in total. The van der Waals surface area contributed by atoms with E-state index in [0.717, 1.165) is 0 Å². The first-order valence-corrected chi connectivity index (χ1v) is 18.1. The second-order valence-electron chi connectivity index (χ2n) is 14.4. The number of carbonyl (C=O) groups excluding carboxylic acids is 6. The molecular formula is C39H47N7O11. The van der Waals surface area contributed by atoms with Gasteiger partial charge in [0.25, 0.3) is 17.5 Å². The summed E-state index contributed by atoms with van der Waals surface area (Å²) in [6.45, 7) is 5.07. The molecule has 0 aliphatic carbocycles. The van der Waals surface area contributed by atoms with Crippen molar-refractivity contribution < 1.29 is 48.3 Å². The molecule has 6 amide bonds. The second-order valence-corrected chi connectivity index (χ2v) is 14.4. The number of nitrogens with zero attached hydrogens (tertiary/aromatic N) is 3.